The summed E-state index contributed by atoms with van der Waals surface area (Å²) in [6.07, 6.45) is 2.07. The van der Waals surface area contributed by atoms with Gasteiger partial charge in [-0.1, -0.05) is 18.2 Å². The monoisotopic (exact) mass is 349 g/mol. The second kappa shape index (κ2) is 6.74. The maximum atomic E-state index is 12.4. The molecule has 0 fully saturated rings. The van der Waals surface area contributed by atoms with Crippen molar-refractivity contribution >= 4 is 15.7 Å². The molecule has 1 aliphatic rings. The molecule has 1 N–H and O–H groups in total. The Hall–Kier alpha value is -2.19. The van der Waals surface area contributed by atoms with Crippen molar-refractivity contribution in [3.05, 3.63) is 47.8 Å². The minimum atomic E-state index is -3.27. The number of carbonyl (C=O) groups is 1. The first-order valence-corrected chi connectivity index (χ1v) is 9.31. The molecule has 1 unspecified atom stereocenters. The highest BCUT2D eigenvalue weighted by atomic mass is 32.2. The lowest BCUT2D eigenvalue weighted by Crippen LogP contribution is -2.34. The summed E-state index contributed by atoms with van der Waals surface area (Å²) in [5.74, 6) is -0.290. The maximum Gasteiger partial charge on any atom is 0.272 e. The average Bonchev–Trinajstić information content (AvgIpc) is 3.05. The van der Waals surface area contributed by atoms with Gasteiger partial charge >= 0.3 is 0 Å². The molecule has 7 nitrogen and oxygen atoms in total. The van der Waals surface area contributed by atoms with Crippen molar-refractivity contribution in [3.8, 4) is 0 Å². The number of amides is 1. The van der Waals surface area contributed by atoms with E-state index in [-0.39, 0.29) is 17.7 Å². The zero-order chi connectivity index (χ0) is 17.2. The molecule has 0 saturated heterocycles. The number of aromatic nitrogens is 2. The van der Waals surface area contributed by atoms with Crippen molar-refractivity contribution in [3.63, 3.8) is 0 Å². The number of nitrogens with zero attached hydrogens (tertiary/aromatic N) is 2. The standard InChI is InChI=1S/C16H19N3O4S/c1-23-10-9-19-8-6-14(18-19)16(20)17-13-7-11-24(21,22)15-5-3-2-4-12(13)15/h2-6,8,13H,7,9-11H2,1H3,(H,17,20). The van der Waals surface area contributed by atoms with Crippen LogP contribution in [0.25, 0.3) is 0 Å². The van der Waals surface area contributed by atoms with E-state index in [1.807, 2.05) is 0 Å². The van der Waals surface area contributed by atoms with Crippen molar-refractivity contribution < 1.29 is 17.9 Å². The summed E-state index contributed by atoms with van der Waals surface area (Å²) in [5, 5.41) is 7.09. The van der Waals surface area contributed by atoms with E-state index < -0.39 is 9.84 Å². The fourth-order valence-corrected chi connectivity index (χ4v) is 4.39. The molecule has 1 amide bonds. The molecule has 128 valence electrons. The van der Waals surface area contributed by atoms with Gasteiger partial charge < -0.3 is 10.1 Å². The molecular formula is C16H19N3O4S. The fraction of sp³-hybridized carbons (Fsp3) is 0.375. The number of hydrogen-bond acceptors (Lipinski definition) is 5. The Bertz CT molecular complexity index is 845. The second-order valence-electron chi connectivity index (χ2n) is 5.63. The van der Waals surface area contributed by atoms with Crippen LogP contribution in [0.2, 0.25) is 0 Å². The van der Waals surface area contributed by atoms with E-state index in [4.69, 9.17) is 4.74 Å². The van der Waals surface area contributed by atoms with Crippen LogP contribution in [0.3, 0.4) is 0 Å². The summed E-state index contributed by atoms with van der Waals surface area (Å²) in [6, 6.07) is 8.10. The molecule has 1 aliphatic heterocycles. The fourth-order valence-electron chi connectivity index (χ4n) is 2.76. The number of rotatable bonds is 5. The normalized spacial score (nSPS) is 18.8. The highest BCUT2D eigenvalue weighted by Gasteiger charge is 2.31. The summed E-state index contributed by atoms with van der Waals surface area (Å²) in [6.45, 7) is 1.07. The third kappa shape index (κ3) is 3.34. The van der Waals surface area contributed by atoms with Gasteiger partial charge in [0.1, 0.15) is 5.69 Å². The van der Waals surface area contributed by atoms with Gasteiger partial charge in [0, 0.05) is 13.3 Å². The van der Waals surface area contributed by atoms with Gasteiger partial charge in [-0.15, -0.1) is 0 Å². The highest BCUT2D eigenvalue weighted by Crippen LogP contribution is 2.31. The predicted octanol–water partition coefficient (Wildman–Crippen LogP) is 1.18. The SMILES string of the molecule is COCCn1ccc(C(=O)NC2CCS(=O)(=O)c3ccccc32)n1. The van der Waals surface area contributed by atoms with E-state index in [1.54, 1.807) is 48.3 Å². The predicted molar refractivity (Wildman–Crippen MR) is 87.4 cm³/mol. The average molecular weight is 349 g/mol. The van der Waals surface area contributed by atoms with E-state index in [2.05, 4.69) is 10.4 Å². The number of hydrogen-bond donors (Lipinski definition) is 1. The topological polar surface area (TPSA) is 90.3 Å². The van der Waals surface area contributed by atoms with Crippen molar-refractivity contribution in [2.75, 3.05) is 19.5 Å². The molecule has 24 heavy (non-hydrogen) atoms. The van der Waals surface area contributed by atoms with Crippen molar-refractivity contribution in [2.24, 2.45) is 0 Å². The Morgan fingerprint density at radius 1 is 1.38 bits per heavy atom. The van der Waals surface area contributed by atoms with Gasteiger partial charge in [0.25, 0.3) is 5.91 Å². The Morgan fingerprint density at radius 3 is 2.96 bits per heavy atom. The van der Waals surface area contributed by atoms with Crippen LogP contribution in [-0.4, -0.2) is 43.6 Å². The van der Waals surface area contributed by atoms with Crippen LogP contribution in [0.5, 0.6) is 0 Å². The van der Waals surface area contributed by atoms with Crippen LogP contribution in [0.1, 0.15) is 28.5 Å². The first-order valence-electron chi connectivity index (χ1n) is 7.66. The van der Waals surface area contributed by atoms with Crippen molar-refractivity contribution in [1.29, 1.82) is 0 Å². The molecule has 0 bridgehead atoms. The second-order valence-corrected chi connectivity index (χ2v) is 7.71. The lowest BCUT2D eigenvalue weighted by Gasteiger charge is -2.25. The maximum absolute atomic E-state index is 12.4. The molecule has 0 saturated carbocycles. The Balaban J connectivity index is 1.77. The zero-order valence-corrected chi connectivity index (χ0v) is 14.1. The molecule has 0 spiro atoms. The van der Waals surface area contributed by atoms with Crippen LogP contribution < -0.4 is 5.32 Å². The highest BCUT2D eigenvalue weighted by molar-refractivity contribution is 7.91. The van der Waals surface area contributed by atoms with Gasteiger partial charge in [-0.05, 0) is 24.1 Å². The Labute approximate surface area is 140 Å². The van der Waals surface area contributed by atoms with Gasteiger partial charge in [-0.25, -0.2) is 8.42 Å². The molecule has 0 radical (unpaired) electrons. The third-order valence-electron chi connectivity index (χ3n) is 4.01. The molecule has 2 aromatic rings. The van der Waals surface area contributed by atoms with Crippen molar-refractivity contribution in [2.45, 2.75) is 23.9 Å². The minimum absolute atomic E-state index is 0.0250. The largest absolute Gasteiger partial charge is 0.383 e. The summed E-state index contributed by atoms with van der Waals surface area (Å²) >= 11 is 0. The van der Waals surface area contributed by atoms with Crippen LogP contribution in [0.15, 0.2) is 41.4 Å². The van der Waals surface area contributed by atoms with E-state index in [0.29, 0.717) is 35.7 Å². The number of sulfone groups is 1. The third-order valence-corrected chi connectivity index (χ3v) is 5.82. The van der Waals surface area contributed by atoms with Gasteiger partial charge in [0.2, 0.25) is 0 Å². The lowest BCUT2D eigenvalue weighted by molar-refractivity contribution is 0.0928. The quantitative estimate of drug-likeness (QED) is 0.875. The first kappa shape index (κ1) is 16.7. The molecular weight excluding hydrogens is 330 g/mol. The van der Waals surface area contributed by atoms with Crippen LogP contribution in [0, 0.1) is 0 Å². The molecule has 0 aliphatic carbocycles. The number of ether oxygens (including phenoxy) is 1. The van der Waals surface area contributed by atoms with Crippen LogP contribution in [0.4, 0.5) is 0 Å². The smallest absolute Gasteiger partial charge is 0.272 e. The summed E-state index contributed by atoms with van der Waals surface area (Å²) < 4.78 is 30.9. The molecule has 1 aromatic heterocycles. The summed E-state index contributed by atoms with van der Waals surface area (Å²) in [5.41, 5.74) is 0.938. The molecule has 3 rings (SSSR count). The van der Waals surface area contributed by atoms with E-state index in [9.17, 15) is 13.2 Å². The molecule has 8 heteroatoms. The van der Waals surface area contributed by atoms with E-state index in [1.165, 1.54) is 0 Å². The molecule has 2 heterocycles. The van der Waals surface area contributed by atoms with Crippen molar-refractivity contribution in [1.82, 2.24) is 15.1 Å². The number of nitrogens with one attached hydrogen (secondary N) is 1. The van der Waals surface area contributed by atoms with E-state index in [0.717, 1.165) is 0 Å². The van der Waals surface area contributed by atoms with Gasteiger partial charge in [0.05, 0.1) is 29.8 Å². The Kier molecular flexibility index (Phi) is 4.68. The zero-order valence-electron chi connectivity index (χ0n) is 13.3. The van der Waals surface area contributed by atoms with Gasteiger partial charge in [0.15, 0.2) is 9.84 Å². The summed E-state index contributed by atoms with van der Waals surface area (Å²) in [7, 11) is -1.66. The van der Waals surface area contributed by atoms with Crippen LogP contribution in [-0.2, 0) is 21.1 Å². The number of fused-ring (bicyclic) bond motifs is 1. The minimum Gasteiger partial charge on any atom is -0.383 e. The number of methoxy groups -OCH3 is 1. The number of carbonyl (C=O) groups excluding carboxylic acids is 1. The lowest BCUT2D eigenvalue weighted by atomic mass is 10.0. The molecule has 1 aromatic carbocycles. The first-order chi connectivity index (χ1) is 11.5. The van der Waals surface area contributed by atoms with Crippen LogP contribution >= 0.6 is 0 Å². The number of benzene rings is 1. The van der Waals surface area contributed by atoms with Gasteiger partial charge in [-0.3, -0.25) is 9.48 Å². The molecule has 1 atom stereocenters. The van der Waals surface area contributed by atoms with Gasteiger partial charge in [-0.2, -0.15) is 5.10 Å². The summed E-state index contributed by atoms with van der Waals surface area (Å²) in [4.78, 5) is 12.7. The Morgan fingerprint density at radius 2 is 2.17 bits per heavy atom. The van der Waals surface area contributed by atoms with E-state index >= 15 is 0 Å².